The summed E-state index contributed by atoms with van der Waals surface area (Å²) in [5, 5.41) is 0.621. The van der Waals surface area contributed by atoms with Gasteiger partial charge in [-0.05, 0) is 85.0 Å². The van der Waals surface area contributed by atoms with Crippen molar-refractivity contribution >= 4 is 23.1 Å². The van der Waals surface area contributed by atoms with E-state index in [1.165, 1.54) is 24.3 Å². The molecule has 1 N–H and O–H groups in total. The van der Waals surface area contributed by atoms with Gasteiger partial charge in [0.15, 0.2) is 4.77 Å². The lowest BCUT2D eigenvalue weighted by Crippen LogP contribution is -2.69. The van der Waals surface area contributed by atoms with E-state index in [0.29, 0.717) is 29.2 Å². The molecular formula is C28H25F2N3OS. The smallest absolute Gasteiger partial charge is 0.262 e. The van der Waals surface area contributed by atoms with Crippen LogP contribution in [-0.2, 0) is 12.0 Å². The number of aromatic amines is 1. The van der Waals surface area contributed by atoms with Gasteiger partial charge in [-0.25, -0.2) is 8.78 Å². The van der Waals surface area contributed by atoms with Crippen LogP contribution in [0.4, 0.5) is 8.78 Å². The van der Waals surface area contributed by atoms with Crippen LogP contribution in [0.3, 0.4) is 0 Å². The number of piperidine rings is 2. The fourth-order valence-electron chi connectivity index (χ4n) is 6.39. The first-order chi connectivity index (χ1) is 17.0. The molecule has 2 bridgehead atoms. The van der Waals surface area contributed by atoms with E-state index < -0.39 is 0 Å². The van der Waals surface area contributed by atoms with Gasteiger partial charge in [-0.15, -0.1) is 0 Å². The Balaban J connectivity index is 1.36. The van der Waals surface area contributed by atoms with Crippen molar-refractivity contribution in [2.24, 2.45) is 5.92 Å². The fourth-order valence-corrected chi connectivity index (χ4v) is 6.67. The van der Waals surface area contributed by atoms with Crippen LogP contribution in [0.25, 0.3) is 10.9 Å². The van der Waals surface area contributed by atoms with Crippen LogP contribution in [0, 0.1) is 22.3 Å². The second-order valence-electron chi connectivity index (χ2n) is 9.59. The summed E-state index contributed by atoms with van der Waals surface area (Å²) in [5.74, 6) is -0.144. The van der Waals surface area contributed by atoms with E-state index in [2.05, 4.69) is 9.88 Å². The summed E-state index contributed by atoms with van der Waals surface area (Å²) in [6, 6.07) is 21.1. The van der Waals surface area contributed by atoms with Crippen LogP contribution in [0.2, 0.25) is 0 Å². The van der Waals surface area contributed by atoms with E-state index in [4.69, 9.17) is 12.2 Å². The quantitative estimate of drug-likeness (QED) is 0.381. The standard InChI is InChI=1S/C28H25F2N3OS/c29-21-9-5-18(6-10-21)28(19-7-11-22(30)12-8-19)20-13-14-32(25(28)17-20)15-16-33-26(34)23-3-1-2-4-24(23)31-27(33)35/h1-12,20,25H,13-17H2,(H,31,35). The summed E-state index contributed by atoms with van der Waals surface area (Å²) in [5.41, 5.74) is 2.42. The Hall–Kier alpha value is -3.16. The van der Waals surface area contributed by atoms with Crippen molar-refractivity contribution in [2.75, 3.05) is 13.1 Å². The van der Waals surface area contributed by atoms with Gasteiger partial charge in [-0.3, -0.25) is 14.3 Å². The highest BCUT2D eigenvalue weighted by atomic mass is 32.1. The van der Waals surface area contributed by atoms with Gasteiger partial charge in [-0.1, -0.05) is 36.4 Å². The van der Waals surface area contributed by atoms with Gasteiger partial charge in [-0.2, -0.15) is 0 Å². The average molecular weight is 490 g/mol. The molecule has 178 valence electrons. The molecule has 2 unspecified atom stereocenters. The maximum Gasteiger partial charge on any atom is 0.262 e. The molecule has 3 aliphatic rings. The molecule has 2 atom stereocenters. The maximum absolute atomic E-state index is 13.8. The molecule has 0 radical (unpaired) electrons. The first kappa shape index (κ1) is 22.3. The Morgan fingerprint density at radius 1 is 0.914 bits per heavy atom. The van der Waals surface area contributed by atoms with Gasteiger partial charge in [0, 0.05) is 24.5 Å². The molecule has 1 aliphatic carbocycles. The van der Waals surface area contributed by atoms with Crippen molar-refractivity contribution in [1.29, 1.82) is 0 Å². The molecule has 1 saturated carbocycles. The third-order valence-corrected chi connectivity index (χ3v) is 8.35. The van der Waals surface area contributed by atoms with Crippen LogP contribution >= 0.6 is 12.2 Å². The van der Waals surface area contributed by atoms with Crippen LogP contribution in [0.1, 0.15) is 24.0 Å². The first-order valence-corrected chi connectivity index (χ1v) is 12.4. The molecule has 3 aromatic carbocycles. The summed E-state index contributed by atoms with van der Waals surface area (Å²) in [6.07, 6.45) is 1.99. The summed E-state index contributed by atoms with van der Waals surface area (Å²) in [4.78, 5) is 18.7. The summed E-state index contributed by atoms with van der Waals surface area (Å²) in [7, 11) is 0. The Morgan fingerprint density at radius 3 is 2.17 bits per heavy atom. The number of hydrogen-bond donors (Lipinski definition) is 1. The summed E-state index contributed by atoms with van der Waals surface area (Å²) >= 11 is 5.51. The van der Waals surface area contributed by atoms with Gasteiger partial charge in [0.2, 0.25) is 0 Å². The second kappa shape index (κ2) is 8.50. The molecule has 7 rings (SSSR count). The molecule has 3 heterocycles. The van der Waals surface area contributed by atoms with Crippen molar-refractivity contribution in [3.05, 3.63) is 111 Å². The summed E-state index contributed by atoms with van der Waals surface area (Å²) < 4.78 is 29.7. The third kappa shape index (κ3) is 3.48. The minimum absolute atomic E-state index is 0.0869. The van der Waals surface area contributed by atoms with Crippen molar-refractivity contribution in [2.45, 2.75) is 30.8 Å². The Morgan fingerprint density at radius 2 is 1.54 bits per heavy atom. The van der Waals surface area contributed by atoms with Crippen molar-refractivity contribution in [3.63, 3.8) is 0 Å². The molecule has 2 aliphatic heterocycles. The average Bonchev–Trinajstić information content (AvgIpc) is 2.86. The summed E-state index contributed by atoms with van der Waals surface area (Å²) in [6.45, 7) is 2.05. The lowest BCUT2D eigenvalue weighted by Gasteiger charge is -2.64. The number of nitrogens with zero attached hydrogens (tertiary/aromatic N) is 2. The Bertz CT molecular complexity index is 1460. The number of fused-ring (bicyclic) bond motifs is 3. The predicted octanol–water partition coefficient (Wildman–Crippen LogP) is 5.42. The molecule has 1 aromatic heterocycles. The number of halogens is 2. The number of hydrogen-bond acceptors (Lipinski definition) is 3. The van der Waals surface area contributed by atoms with E-state index in [-0.39, 0.29) is 28.7 Å². The van der Waals surface area contributed by atoms with Gasteiger partial charge >= 0.3 is 0 Å². The molecule has 0 amide bonds. The number of aromatic nitrogens is 2. The monoisotopic (exact) mass is 489 g/mol. The predicted molar refractivity (Wildman–Crippen MR) is 135 cm³/mol. The number of rotatable bonds is 5. The Labute approximate surface area is 206 Å². The number of para-hydroxylation sites is 1. The molecule has 0 spiro atoms. The zero-order valence-electron chi connectivity index (χ0n) is 19.1. The topological polar surface area (TPSA) is 41.0 Å². The van der Waals surface area contributed by atoms with E-state index in [9.17, 15) is 13.6 Å². The van der Waals surface area contributed by atoms with E-state index in [1.807, 2.05) is 48.5 Å². The first-order valence-electron chi connectivity index (χ1n) is 12.0. The molecule has 3 fully saturated rings. The Kier molecular flexibility index (Phi) is 5.42. The van der Waals surface area contributed by atoms with Crippen LogP contribution in [0.15, 0.2) is 77.6 Å². The molecule has 2 saturated heterocycles. The zero-order valence-corrected chi connectivity index (χ0v) is 19.9. The van der Waals surface area contributed by atoms with Gasteiger partial charge < -0.3 is 4.98 Å². The zero-order chi connectivity index (χ0) is 24.2. The lowest BCUT2D eigenvalue weighted by atomic mass is 9.47. The normalized spacial score (nSPS) is 21.1. The van der Waals surface area contributed by atoms with E-state index >= 15 is 0 Å². The molecule has 4 nitrogen and oxygen atoms in total. The lowest BCUT2D eigenvalue weighted by molar-refractivity contribution is -0.0609. The van der Waals surface area contributed by atoms with Gasteiger partial charge in [0.25, 0.3) is 5.56 Å². The highest BCUT2D eigenvalue weighted by Gasteiger charge is 2.61. The minimum Gasteiger partial charge on any atom is -0.332 e. The van der Waals surface area contributed by atoms with E-state index in [0.717, 1.165) is 36.0 Å². The van der Waals surface area contributed by atoms with Crippen LogP contribution in [-0.4, -0.2) is 33.6 Å². The van der Waals surface area contributed by atoms with Crippen molar-refractivity contribution in [1.82, 2.24) is 14.5 Å². The molecular weight excluding hydrogens is 464 g/mol. The van der Waals surface area contributed by atoms with Crippen LogP contribution < -0.4 is 5.56 Å². The molecule has 4 aromatic rings. The van der Waals surface area contributed by atoms with Crippen LogP contribution in [0.5, 0.6) is 0 Å². The van der Waals surface area contributed by atoms with Gasteiger partial charge in [0.1, 0.15) is 11.6 Å². The van der Waals surface area contributed by atoms with Crippen molar-refractivity contribution in [3.8, 4) is 0 Å². The van der Waals surface area contributed by atoms with Gasteiger partial charge in [0.05, 0.1) is 10.9 Å². The number of benzene rings is 3. The maximum atomic E-state index is 13.8. The highest BCUT2D eigenvalue weighted by Crippen LogP contribution is 2.59. The second-order valence-corrected chi connectivity index (χ2v) is 9.98. The SMILES string of the molecule is O=c1c2ccccc2[nH]c(=S)n1CCN1CCC2CC1C2(c1ccc(F)cc1)c1ccc(F)cc1. The molecule has 7 heteroatoms. The highest BCUT2D eigenvalue weighted by molar-refractivity contribution is 7.71. The third-order valence-electron chi connectivity index (χ3n) is 8.03. The molecule has 35 heavy (non-hydrogen) atoms. The number of H-pyrrole nitrogens is 1. The van der Waals surface area contributed by atoms with E-state index in [1.54, 1.807) is 4.57 Å². The fraction of sp³-hybridized carbons (Fsp3) is 0.286. The number of nitrogens with one attached hydrogen (secondary N) is 1. The minimum atomic E-state index is -0.336. The van der Waals surface area contributed by atoms with Crippen molar-refractivity contribution < 1.29 is 8.78 Å². The largest absolute Gasteiger partial charge is 0.332 e.